The van der Waals surface area contributed by atoms with Gasteiger partial charge in [0.15, 0.2) is 5.13 Å². The van der Waals surface area contributed by atoms with Gasteiger partial charge in [-0.05, 0) is 26.7 Å². The lowest BCUT2D eigenvalue weighted by atomic mass is 10.2. The van der Waals surface area contributed by atoms with E-state index < -0.39 is 0 Å². The molecule has 5 nitrogen and oxygen atoms in total. The Labute approximate surface area is 131 Å². The normalized spacial score (nSPS) is 15.4. The fourth-order valence-electron chi connectivity index (χ4n) is 1.69. The number of rotatable bonds is 3. The van der Waals surface area contributed by atoms with Crippen LogP contribution in [-0.4, -0.2) is 43.2 Å². The highest BCUT2D eigenvalue weighted by Crippen LogP contribution is 2.24. The molecule has 0 aromatic carbocycles. The summed E-state index contributed by atoms with van der Waals surface area (Å²) in [7, 11) is 0. The number of hydrogen-bond acceptors (Lipinski definition) is 6. The van der Waals surface area contributed by atoms with Gasteiger partial charge >= 0.3 is 0 Å². The minimum absolute atomic E-state index is 0.318. The maximum atomic E-state index is 9.60. The molecule has 21 heavy (non-hydrogen) atoms. The number of nitrogens with zero attached hydrogens (tertiary/aromatic N) is 2. The molecule has 1 fully saturated rings. The number of piperazine rings is 1. The number of hydrogen-bond donors (Lipinski definition) is 1. The second kappa shape index (κ2) is 8.34. The van der Waals surface area contributed by atoms with Crippen LogP contribution in [0.1, 0.15) is 46.2 Å². The van der Waals surface area contributed by atoms with Crippen LogP contribution in [0, 0.1) is 0 Å². The fourth-order valence-corrected chi connectivity index (χ4v) is 2.73. The molecule has 0 atom stereocenters. The summed E-state index contributed by atoms with van der Waals surface area (Å²) < 4.78 is 4.55. The number of aromatic nitrogens is 1. The van der Waals surface area contributed by atoms with E-state index in [1.807, 2.05) is 20.8 Å². The number of thiazole rings is 1. The van der Waals surface area contributed by atoms with Gasteiger partial charge in [-0.2, -0.15) is 0 Å². The molecule has 0 spiro atoms. The molecule has 1 aliphatic heterocycles. The molecule has 0 aliphatic carbocycles. The van der Waals surface area contributed by atoms with Crippen LogP contribution in [0.2, 0.25) is 0 Å². The lowest BCUT2D eigenvalue weighted by Gasteiger charge is -2.26. The zero-order chi connectivity index (χ0) is 15.9. The monoisotopic (exact) mass is 313 g/mol. The first-order valence-corrected chi connectivity index (χ1v) is 8.24. The number of carbonyl (C=O) groups is 1. The Morgan fingerprint density at radius 2 is 2.00 bits per heavy atom. The van der Waals surface area contributed by atoms with Gasteiger partial charge in [-0.3, -0.25) is 4.79 Å². The molecule has 1 aromatic heterocycles. The summed E-state index contributed by atoms with van der Waals surface area (Å²) in [5.74, 6) is 0.544. The Kier molecular flexibility index (Phi) is 7.11. The maximum Gasteiger partial charge on any atom is 0.293 e. The van der Waals surface area contributed by atoms with Gasteiger partial charge in [-0.1, -0.05) is 13.8 Å². The molecule has 0 radical (unpaired) electrons. The van der Waals surface area contributed by atoms with Gasteiger partial charge in [-0.25, -0.2) is 4.98 Å². The number of ether oxygens (including phenoxy) is 1. The van der Waals surface area contributed by atoms with E-state index in [0.717, 1.165) is 26.2 Å². The fraction of sp³-hybridized carbons (Fsp3) is 0.733. The second-order valence-corrected chi connectivity index (χ2v) is 7.11. The van der Waals surface area contributed by atoms with Crippen LogP contribution >= 0.6 is 11.3 Å². The van der Waals surface area contributed by atoms with Crippen LogP contribution in [-0.2, 0) is 9.53 Å². The minimum Gasteiger partial charge on any atom is -0.462 e. The predicted octanol–water partition coefficient (Wildman–Crippen LogP) is 2.63. The SMILES string of the molecule is CC(C)(C)OC=O.CC(C)c1csc(N2CCNCC2)n1. The van der Waals surface area contributed by atoms with Crippen LogP contribution in [0.5, 0.6) is 0 Å². The van der Waals surface area contributed by atoms with Crippen molar-refractivity contribution in [1.29, 1.82) is 0 Å². The molecule has 6 heteroatoms. The second-order valence-electron chi connectivity index (χ2n) is 6.27. The van der Waals surface area contributed by atoms with Crippen molar-refractivity contribution in [2.24, 2.45) is 0 Å². The molecule has 1 aromatic rings. The van der Waals surface area contributed by atoms with Crippen molar-refractivity contribution in [1.82, 2.24) is 10.3 Å². The predicted molar refractivity (Wildman–Crippen MR) is 88.2 cm³/mol. The first-order valence-electron chi connectivity index (χ1n) is 7.36. The third-order valence-corrected chi connectivity index (χ3v) is 3.81. The Morgan fingerprint density at radius 1 is 1.38 bits per heavy atom. The molecule has 0 amide bonds. The molecule has 0 bridgehead atoms. The van der Waals surface area contributed by atoms with Crippen molar-refractivity contribution in [3.63, 3.8) is 0 Å². The largest absolute Gasteiger partial charge is 0.462 e. The summed E-state index contributed by atoms with van der Waals surface area (Å²) >= 11 is 1.77. The molecule has 1 N–H and O–H groups in total. The van der Waals surface area contributed by atoms with Crippen molar-refractivity contribution in [2.75, 3.05) is 31.1 Å². The van der Waals surface area contributed by atoms with E-state index in [4.69, 9.17) is 0 Å². The summed E-state index contributed by atoms with van der Waals surface area (Å²) in [6, 6.07) is 0. The highest BCUT2D eigenvalue weighted by Gasteiger charge is 2.14. The molecule has 0 saturated carbocycles. The summed E-state index contributed by atoms with van der Waals surface area (Å²) in [4.78, 5) is 16.6. The summed E-state index contributed by atoms with van der Waals surface area (Å²) in [5, 5.41) is 6.72. The Hall–Kier alpha value is -1.14. The first kappa shape index (κ1) is 17.9. The number of nitrogens with one attached hydrogen (secondary N) is 1. The minimum atomic E-state index is -0.318. The zero-order valence-electron chi connectivity index (χ0n) is 13.7. The lowest BCUT2D eigenvalue weighted by molar-refractivity contribution is -0.138. The van der Waals surface area contributed by atoms with Crippen molar-refractivity contribution in [3.8, 4) is 0 Å². The smallest absolute Gasteiger partial charge is 0.293 e. The van der Waals surface area contributed by atoms with Crippen LogP contribution < -0.4 is 10.2 Å². The Morgan fingerprint density at radius 3 is 2.38 bits per heavy atom. The van der Waals surface area contributed by atoms with E-state index in [2.05, 4.69) is 39.2 Å². The van der Waals surface area contributed by atoms with Gasteiger partial charge in [0.2, 0.25) is 0 Å². The maximum absolute atomic E-state index is 9.60. The molecule has 2 rings (SSSR count). The number of carbonyl (C=O) groups excluding carboxylic acids is 1. The zero-order valence-corrected chi connectivity index (χ0v) is 14.5. The van der Waals surface area contributed by atoms with E-state index in [1.54, 1.807) is 11.3 Å². The molecule has 1 saturated heterocycles. The Bertz CT molecular complexity index is 421. The van der Waals surface area contributed by atoms with E-state index >= 15 is 0 Å². The number of anilines is 1. The van der Waals surface area contributed by atoms with E-state index in [1.165, 1.54) is 10.8 Å². The van der Waals surface area contributed by atoms with Gasteiger partial charge in [0.05, 0.1) is 5.69 Å². The average molecular weight is 313 g/mol. The van der Waals surface area contributed by atoms with Gasteiger partial charge in [0, 0.05) is 31.6 Å². The van der Waals surface area contributed by atoms with Gasteiger partial charge in [0.25, 0.3) is 6.47 Å². The summed E-state index contributed by atoms with van der Waals surface area (Å²) in [5.41, 5.74) is 0.908. The molecule has 2 heterocycles. The third-order valence-electron chi connectivity index (χ3n) is 2.89. The summed E-state index contributed by atoms with van der Waals surface area (Å²) in [6.07, 6.45) is 0. The van der Waals surface area contributed by atoms with Crippen molar-refractivity contribution < 1.29 is 9.53 Å². The van der Waals surface area contributed by atoms with Crippen molar-refractivity contribution >= 4 is 22.9 Å². The lowest BCUT2D eigenvalue weighted by Crippen LogP contribution is -2.43. The van der Waals surface area contributed by atoms with Gasteiger partial charge < -0.3 is 15.0 Å². The van der Waals surface area contributed by atoms with Gasteiger partial charge in [0.1, 0.15) is 5.60 Å². The van der Waals surface area contributed by atoms with E-state index in [9.17, 15) is 4.79 Å². The topological polar surface area (TPSA) is 54.5 Å². The third kappa shape index (κ3) is 6.91. The average Bonchev–Trinajstić information content (AvgIpc) is 2.89. The Balaban J connectivity index is 0.000000270. The quantitative estimate of drug-likeness (QED) is 0.869. The molecule has 120 valence electrons. The highest BCUT2D eigenvalue weighted by molar-refractivity contribution is 7.13. The van der Waals surface area contributed by atoms with E-state index in [-0.39, 0.29) is 5.60 Å². The molecule has 1 aliphatic rings. The van der Waals surface area contributed by atoms with Crippen LogP contribution in [0.25, 0.3) is 0 Å². The van der Waals surface area contributed by atoms with Crippen LogP contribution in [0.4, 0.5) is 5.13 Å². The highest BCUT2D eigenvalue weighted by atomic mass is 32.1. The van der Waals surface area contributed by atoms with Crippen LogP contribution in [0.3, 0.4) is 0 Å². The van der Waals surface area contributed by atoms with Gasteiger partial charge in [-0.15, -0.1) is 11.3 Å². The molecular formula is C15H27N3O2S. The van der Waals surface area contributed by atoms with Crippen molar-refractivity contribution in [2.45, 2.75) is 46.1 Å². The van der Waals surface area contributed by atoms with Crippen molar-refractivity contribution in [3.05, 3.63) is 11.1 Å². The molecular weight excluding hydrogens is 286 g/mol. The van der Waals surface area contributed by atoms with E-state index in [0.29, 0.717) is 12.4 Å². The summed E-state index contributed by atoms with van der Waals surface area (Å²) in [6.45, 7) is 14.6. The standard InChI is InChI=1S/C10H17N3S.C5H10O2/c1-8(2)9-7-14-10(12-9)13-5-3-11-4-6-13;1-5(2,3)7-4-6/h7-8,11H,3-6H2,1-2H3;4H,1-3H3. The van der Waals surface area contributed by atoms with Crippen LogP contribution in [0.15, 0.2) is 5.38 Å². The first-order chi connectivity index (χ1) is 9.83. The molecule has 0 unspecified atom stereocenters.